The highest BCUT2D eigenvalue weighted by atomic mass is 16.5. The SMILES string of the molecule is CCCNC(C)Cn1nc(OC)ccc1=O. The molecule has 1 aromatic rings. The zero-order valence-corrected chi connectivity index (χ0v) is 10.1. The molecule has 16 heavy (non-hydrogen) atoms. The second-order valence-electron chi connectivity index (χ2n) is 3.75. The normalized spacial score (nSPS) is 12.4. The maximum absolute atomic E-state index is 11.5. The number of nitrogens with zero attached hydrogens (tertiary/aromatic N) is 2. The third-order valence-electron chi connectivity index (χ3n) is 2.24. The molecule has 0 aliphatic rings. The van der Waals surface area contributed by atoms with E-state index in [1.54, 1.807) is 6.07 Å². The Morgan fingerprint density at radius 3 is 2.94 bits per heavy atom. The fraction of sp³-hybridized carbons (Fsp3) is 0.636. The van der Waals surface area contributed by atoms with Crippen molar-refractivity contribution in [3.8, 4) is 5.88 Å². The first kappa shape index (κ1) is 12.7. The van der Waals surface area contributed by atoms with Crippen molar-refractivity contribution in [1.29, 1.82) is 0 Å². The molecule has 1 heterocycles. The quantitative estimate of drug-likeness (QED) is 0.772. The highest BCUT2D eigenvalue weighted by Crippen LogP contribution is 1.99. The molecule has 1 aromatic heterocycles. The number of rotatable bonds is 6. The Morgan fingerprint density at radius 1 is 1.56 bits per heavy atom. The minimum absolute atomic E-state index is 0.106. The number of aromatic nitrogens is 2. The van der Waals surface area contributed by atoms with Gasteiger partial charge in [0.2, 0.25) is 5.88 Å². The van der Waals surface area contributed by atoms with E-state index in [-0.39, 0.29) is 11.6 Å². The Morgan fingerprint density at radius 2 is 2.31 bits per heavy atom. The van der Waals surface area contributed by atoms with Crippen molar-refractivity contribution < 1.29 is 4.74 Å². The van der Waals surface area contributed by atoms with Crippen LogP contribution in [0.3, 0.4) is 0 Å². The van der Waals surface area contributed by atoms with Gasteiger partial charge in [-0.3, -0.25) is 4.79 Å². The lowest BCUT2D eigenvalue weighted by Gasteiger charge is -2.14. The highest BCUT2D eigenvalue weighted by molar-refractivity contribution is 5.06. The predicted molar refractivity (Wildman–Crippen MR) is 62.8 cm³/mol. The third-order valence-corrected chi connectivity index (χ3v) is 2.24. The first-order chi connectivity index (χ1) is 7.67. The van der Waals surface area contributed by atoms with Crippen molar-refractivity contribution in [2.24, 2.45) is 0 Å². The van der Waals surface area contributed by atoms with Crippen molar-refractivity contribution in [1.82, 2.24) is 15.1 Å². The Labute approximate surface area is 95.4 Å². The standard InChI is InChI=1S/C11H19N3O2/c1-4-7-12-9(2)8-14-11(15)6-5-10(13-14)16-3/h5-6,9,12H,4,7-8H2,1-3H3. The Balaban J connectivity index is 2.68. The van der Waals surface area contributed by atoms with E-state index in [1.807, 2.05) is 6.92 Å². The largest absolute Gasteiger partial charge is 0.480 e. The summed E-state index contributed by atoms with van der Waals surface area (Å²) in [4.78, 5) is 11.5. The smallest absolute Gasteiger partial charge is 0.267 e. The van der Waals surface area contributed by atoms with Gasteiger partial charge in [0.1, 0.15) is 0 Å². The molecule has 0 spiro atoms. The van der Waals surface area contributed by atoms with E-state index in [0.29, 0.717) is 12.4 Å². The molecule has 90 valence electrons. The van der Waals surface area contributed by atoms with Crippen LogP contribution in [0.5, 0.6) is 5.88 Å². The fourth-order valence-electron chi connectivity index (χ4n) is 1.38. The van der Waals surface area contributed by atoms with Crippen molar-refractivity contribution >= 4 is 0 Å². The van der Waals surface area contributed by atoms with Crippen LogP contribution in [0.4, 0.5) is 0 Å². The number of nitrogens with one attached hydrogen (secondary N) is 1. The number of hydrogen-bond donors (Lipinski definition) is 1. The van der Waals surface area contributed by atoms with E-state index in [2.05, 4.69) is 17.3 Å². The molecule has 5 nitrogen and oxygen atoms in total. The van der Waals surface area contributed by atoms with Crippen molar-refractivity contribution in [2.45, 2.75) is 32.9 Å². The van der Waals surface area contributed by atoms with Gasteiger partial charge in [-0.05, 0) is 19.9 Å². The topological polar surface area (TPSA) is 56.1 Å². The van der Waals surface area contributed by atoms with Crippen LogP contribution in [0.1, 0.15) is 20.3 Å². The molecule has 0 saturated carbocycles. The van der Waals surface area contributed by atoms with Crippen molar-refractivity contribution in [3.05, 3.63) is 22.5 Å². The molecular formula is C11H19N3O2. The zero-order valence-electron chi connectivity index (χ0n) is 10.1. The first-order valence-electron chi connectivity index (χ1n) is 5.53. The van der Waals surface area contributed by atoms with Crippen molar-refractivity contribution in [2.75, 3.05) is 13.7 Å². The van der Waals surface area contributed by atoms with Gasteiger partial charge in [0.15, 0.2) is 0 Å². The molecule has 1 rings (SSSR count). The highest BCUT2D eigenvalue weighted by Gasteiger charge is 2.05. The minimum Gasteiger partial charge on any atom is -0.480 e. The fourth-order valence-corrected chi connectivity index (χ4v) is 1.38. The molecule has 0 fully saturated rings. The summed E-state index contributed by atoms with van der Waals surface area (Å²) < 4.78 is 6.40. The Bertz CT molecular complexity index is 376. The summed E-state index contributed by atoms with van der Waals surface area (Å²) in [5, 5.41) is 7.39. The van der Waals surface area contributed by atoms with Crippen LogP contribution in [0.2, 0.25) is 0 Å². The lowest BCUT2D eigenvalue weighted by Crippen LogP contribution is -2.35. The van der Waals surface area contributed by atoms with E-state index in [4.69, 9.17) is 4.74 Å². The molecule has 0 saturated heterocycles. The second-order valence-corrected chi connectivity index (χ2v) is 3.75. The molecule has 0 aromatic carbocycles. The van der Waals surface area contributed by atoms with Crippen LogP contribution in [-0.2, 0) is 6.54 Å². The molecular weight excluding hydrogens is 206 g/mol. The molecule has 1 N–H and O–H groups in total. The van der Waals surface area contributed by atoms with Gasteiger partial charge in [0, 0.05) is 18.2 Å². The van der Waals surface area contributed by atoms with E-state index in [9.17, 15) is 4.79 Å². The molecule has 0 bridgehead atoms. The molecule has 0 radical (unpaired) electrons. The van der Waals surface area contributed by atoms with Gasteiger partial charge < -0.3 is 10.1 Å². The lowest BCUT2D eigenvalue weighted by atomic mass is 10.3. The summed E-state index contributed by atoms with van der Waals surface area (Å²) in [5.41, 5.74) is -0.106. The van der Waals surface area contributed by atoms with Crippen LogP contribution in [0, 0.1) is 0 Å². The first-order valence-corrected chi connectivity index (χ1v) is 5.53. The summed E-state index contributed by atoms with van der Waals surface area (Å²) in [5.74, 6) is 0.460. The van der Waals surface area contributed by atoms with Crippen LogP contribution in [0.15, 0.2) is 16.9 Å². The number of hydrogen-bond acceptors (Lipinski definition) is 4. The molecule has 0 aliphatic carbocycles. The summed E-state index contributed by atoms with van der Waals surface area (Å²) in [6.07, 6.45) is 1.07. The predicted octanol–water partition coefficient (Wildman–Crippen LogP) is 0.640. The van der Waals surface area contributed by atoms with Crippen molar-refractivity contribution in [3.63, 3.8) is 0 Å². The Hall–Kier alpha value is -1.36. The van der Waals surface area contributed by atoms with Gasteiger partial charge in [-0.2, -0.15) is 0 Å². The van der Waals surface area contributed by atoms with Gasteiger partial charge in [-0.15, -0.1) is 5.10 Å². The molecule has 0 amide bonds. The van der Waals surface area contributed by atoms with E-state index < -0.39 is 0 Å². The minimum atomic E-state index is -0.106. The summed E-state index contributed by atoms with van der Waals surface area (Å²) >= 11 is 0. The molecule has 1 atom stereocenters. The van der Waals surface area contributed by atoms with Gasteiger partial charge in [-0.1, -0.05) is 6.92 Å². The van der Waals surface area contributed by atoms with E-state index >= 15 is 0 Å². The van der Waals surface area contributed by atoms with E-state index in [1.165, 1.54) is 17.9 Å². The third kappa shape index (κ3) is 3.66. The van der Waals surface area contributed by atoms with Gasteiger partial charge >= 0.3 is 0 Å². The molecule has 1 unspecified atom stereocenters. The summed E-state index contributed by atoms with van der Waals surface area (Å²) in [7, 11) is 1.54. The monoisotopic (exact) mass is 225 g/mol. The zero-order chi connectivity index (χ0) is 12.0. The van der Waals surface area contributed by atoms with Gasteiger partial charge in [0.25, 0.3) is 5.56 Å². The number of ether oxygens (including phenoxy) is 1. The van der Waals surface area contributed by atoms with Crippen LogP contribution >= 0.6 is 0 Å². The summed E-state index contributed by atoms with van der Waals surface area (Å²) in [6, 6.07) is 3.26. The average molecular weight is 225 g/mol. The maximum atomic E-state index is 11.5. The summed E-state index contributed by atoms with van der Waals surface area (Å²) in [6.45, 7) is 5.63. The van der Waals surface area contributed by atoms with E-state index in [0.717, 1.165) is 13.0 Å². The average Bonchev–Trinajstić information content (AvgIpc) is 2.29. The van der Waals surface area contributed by atoms with Crippen LogP contribution in [-0.4, -0.2) is 29.5 Å². The van der Waals surface area contributed by atoms with Crippen LogP contribution in [0.25, 0.3) is 0 Å². The molecule has 0 aliphatic heterocycles. The number of methoxy groups -OCH3 is 1. The lowest BCUT2D eigenvalue weighted by molar-refractivity contribution is 0.363. The van der Waals surface area contributed by atoms with Gasteiger partial charge in [0.05, 0.1) is 13.7 Å². The Kier molecular flexibility index (Phi) is 4.98. The maximum Gasteiger partial charge on any atom is 0.267 e. The van der Waals surface area contributed by atoms with Gasteiger partial charge in [-0.25, -0.2) is 4.68 Å². The second kappa shape index (κ2) is 6.27. The molecule has 5 heteroatoms. The van der Waals surface area contributed by atoms with Crippen LogP contribution < -0.4 is 15.6 Å².